The third kappa shape index (κ3) is 4.10. The standard InChI is InChI=1S/C17H22N2O3/c1-3-22-17(21)10-11-18(2)16(20)9-13-19-12-8-14-6-4-5-7-15(14)19/h4-8,12H,3,9-11,13H2,1-2H3. The van der Waals surface area contributed by atoms with Crippen molar-refractivity contribution in [2.24, 2.45) is 0 Å². The van der Waals surface area contributed by atoms with E-state index in [-0.39, 0.29) is 18.3 Å². The molecule has 0 unspecified atom stereocenters. The Morgan fingerprint density at radius 3 is 2.73 bits per heavy atom. The van der Waals surface area contributed by atoms with Crippen molar-refractivity contribution < 1.29 is 14.3 Å². The molecule has 0 saturated heterocycles. The number of ether oxygens (including phenoxy) is 1. The molecule has 118 valence electrons. The summed E-state index contributed by atoms with van der Waals surface area (Å²) in [4.78, 5) is 25.0. The minimum Gasteiger partial charge on any atom is -0.466 e. The Kier molecular flexibility index (Phi) is 5.58. The van der Waals surface area contributed by atoms with Crippen molar-refractivity contribution in [3.63, 3.8) is 0 Å². The molecule has 0 N–H and O–H groups in total. The van der Waals surface area contributed by atoms with Crippen molar-refractivity contribution in [1.29, 1.82) is 0 Å². The highest BCUT2D eigenvalue weighted by Gasteiger charge is 2.11. The zero-order valence-electron chi connectivity index (χ0n) is 13.1. The number of hydrogen-bond donors (Lipinski definition) is 0. The van der Waals surface area contributed by atoms with Crippen LogP contribution in [0.5, 0.6) is 0 Å². The monoisotopic (exact) mass is 302 g/mol. The molecule has 5 heteroatoms. The lowest BCUT2D eigenvalue weighted by atomic mass is 10.2. The fourth-order valence-electron chi connectivity index (χ4n) is 2.36. The molecule has 0 bridgehead atoms. The van der Waals surface area contributed by atoms with Crippen LogP contribution in [0.3, 0.4) is 0 Å². The minimum atomic E-state index is -0.265. The molecule has 2 rings (SSSR count). The molecule has 0 aliphatic carbocycles. The molecule has 0 fully saturated rings. The summed E-state index contributed by atoms with van der Waals surface area (Å²) >= 11 is 0. The van der Waals surface area contributed by atoms with E-state index < -0.39 is 0 Å². The normalized spacial score (nSPS) is 10.6. The van der Waals surface area contributed by atoms with Gasteiger partial charge in [0.05, 0.1) is 13.0 Å². The van der Waals surface area contributed by atoms with Gasteiger partial charge in [0.15, 0.2) is 0 Å². The third-order valence-electron chi connectivity index (χ3n) is 3.63. The molecule has 22 heavy (non-hydrogen) atoms. The molecule has 1 amide bonds. The number of carbonyl (C=O) groups is 2. The molecule has 1 aromatic heterocycles. The summed E-state index contributed by atoms with van der Waals surface area (Å²) in [5, 5.41) is 1.17. The first kappa shape index (κ1) is 16.1. The zero-order valence-corrected chi connectivity index (χ0v) is 13.1. The maximum Gasteiger partial charge on any atom is 0.307 e. The summed E-state index contributed by atoms with van der Waals surface area (Å²) in [6.45, 7) is 3.17. The molecule has 0 atom stereocenters. The van der Waals surface area contributed by atoms with Crippen LogP contribution in [0.1, 0.15) is 19.8 Å². The van der Waals surface area contributed by atoms with Crippen LogP contribution in [-0.4, -0.2) is 41.5 Å². The average molecular weight is 302 g/mol. The maximum absolute atomic E-state index is 12.1. The Morgan fingerprint density at radius 1 is 1.18 bits per heavy atom. The predicted molar refractivity (Wildman–Crippen MR) is 85.4 cm³/mol. The Balaban J connectivity index is 1.83. The first-order valence-electron chi connectivity index (χ1n) is 7.55. The molecule has 0 spiro atoms. The van der Waals surface area contributed by atoms with Gasteiger partial charge in [-0.05, 0) is 24.4 Å². The SMILES string of the molecule is CCOC(=O)CCN(C)C(=O)CCn1ccc2ccccc21. The van der Waals surface area contributed by atoms with Crippen LogP contribution >= 0.6 is 0 Å². The molecule has 0 radical (unpaired) electrons. The lowest BCUT2D eigenvalue weighted by Gasteiger charge is -2.17. The van der Waals surface area contributed by atoms with Crippen molar-refractivity contribution in [3.8, 4) is 0 Å². The number of carbonyl (C=O) groups excluding carboxylic acids is 2. The van der Waals surface area contributed by atoms with Gasteiger partial charge in [0.1, 0.15) is 0 Å². The van der Waals surface area contributed by atoms with Crippen molar-refractivity contribution in [1.82, 2.24) is 9.47 Å². The summed E-state index contributed by atoms with van der Waals surface area (Å²) < 4.78 is 6.93. The van der Waals surface area contributed by atoms with Gasteiger partial charge in [0, 0.05) is 38.3 Å². The molecule has 1 aromatic carbocycles. The van der Waals surface area contributed by atoms with E-state index >= 15 is 0 Å². The second-order valence-corrected chi connectivity index (χ2v) is 5.19. The first-order chi connectivity index (χ1) is 10.6. The van der Waals surface area contributed by atoms with Gasteiger partial charge in [-0.2, -0.15) is 0 Å². The lowest BCUT2D eigenvalue weighted by Crippen LogP contribution is -2.30. The van der Waals surface area contributed by atoms with E-state index in [1.165, 1.54) is 5.39 Å². The van der Waals surface area contributed by atoms with E-state index in [4.69, 9.17) is 4.74 Å². The molecule has 2 aromatic rings. The molecular weight excluding hydrogens is 280 g/mol. The van der Waals surface area contributed by atoms with E-state index in [1.54, 1.807) is 18.9 Å². The Hall–Kier alpha value is -2.30. The van der Waals surface area contributed by atoms with Crippen molar-refractivity contribution in [2.45, 2.75) is 26.3 Å². The summed E-state index contributed by atoms with van der Waals surface area (Å²) in [5.74, 6) is -0.236. The van der Waals surface area contributed by atoms with Crippen LogP contribution in [0.4, 0.5) is 0 Å². The highest BCUT2D eigenvalue weighted by atomic mass is 16.5. The van der Waals surface area contributed by atoms with Crippen LogP contribution in [-0.2, 0) is 20.9 Å². The summed E-state index contributed by atoms with van der Waals surface area (Å²) in [6.07, 6.45) is 2.65. The Bertz CT molecular complexity index is 648. The molecular formula is C17H22N2O3. The number of nitrogens with zero attached hydrogens (tertiary/aromatic N) is 2. The van der Waals surface area contributed by atoms with Crippen LogP contribution in [0.15, 0.2) is 36.5 Å². The van der Waals surface area contributed by atoms with Crippen molar-refractivity contribution >= 4 is 22.8 Å². The fourth-order valence-corrected chi connectivity index (χ4v) is 2.36. The van der Waals surface area contributed by atoms with E-state index in [2.05, 4.69) is 10.6 Å². The van der Waals surface area contributed by atoms with Crippen LogP contribution in [0, 0.1) is 0 Å². The van der Waals surface area contributed by atoms with Crippen LogP contribution < -0.4 is 0 Å². The molecule has 5 nitrogen and oxygen atoms in total. The number of rotatable bonds is 7. The second kappa shape index (κ2) is 7.64. The number of aryl methyl sites for hydroxylation is 1. The Morgan fingerprint density at radius 2 is 1.95 bits per heavy atom. The van der Waals surface area contributed by atoms with Gasteiger partial charge in [-0.3, -0.25) is 9.59 Å². The number of para-hydroxylation sites is 1. The summed E-state index contributed by atoms with van der Waals surface area (Å²) in [7, 11) is 1.72. The highest BCUT2D eigenvalue weighted by molar-refractivity contribution is 5.80. The molecule has 0 aliphatic heterocycles. The minimum absolute atomic E-state index is 0.0297. The number of fused-ring (bicyclic) bond motifs is 1. The van der Waals surface area contributed by atoms with E-state index in [0.29, 0.717) is 26.1 Å². The van der Waals surface area contributed by atoms with Gasteiger partial charge >= 0.3 is 5.97 Å². The van der Waals surface area contributed by atoms with Crippen LogP contribution in [0.2, 0.25) is 0 Å². The number of benzene rings is 1. The number of esters is 1. The van der Waals surface area contributed by atoms with E-state index in [9.17, 15) is 9.59 Å². The summed E-state index contributed by atoms with van der Waals surface area (Å²) in [5.41, 5.74) is 1.13. The van der Waals surface area contributed by atoms with Gasteiger partial charge in [-0.15, -0.1) is 0 Å². The number of amides is 1. The number of hydrogen-bond acceptors (Lipinski definition) is 3. The predicted octanol–water partition coefficient (Wildman–Crippen LogP) is 2.44. The lowest BCUT2D eigenvalue weighted by molar-refractivity contribution is -0.143. The quantitative estimate of drug-likeness (QED) is 0.738. The van der Waals surface area contributed by atoms with Gasteiger partial charge in [-0.1, -0.05) is 18.2 Å². The molecule has 0 saturated carbocycles. The molecule has 1 heterocycles. The van der Waals surface area contributed by atoms with E-state index in [1.807, 2.05) is 30.5 Å². The zero-order chi connectivity index (χ0) is 15.9. The smallest absolute Gasteiger partial charge is 0.307 e. The fraction of sp³-hybridized carbons (Fsp3) is 0.412. The second-order valence-electron chi connectivity index (χ2n) is 5.19. The van der Waals surface area contributed by atoms with Gasteiger partial charge in [-0.25, -0.2) is 0 Å². The highest BCUT2D eigenvalue weighted by Crippen LogP contribution is 2.15. The van der Waals surface area contributed by atoms with Gasteiger partial charge < -0.3 is 14.2 Å². The van der Waals surface area contributed by atoms with Gasteiger partial charge in [0.2, 0.25) is 5.91 Å². The van der Waals surface area contributed by atoms with Gasteiger partial charge in [0.25, 0.3) is 0 Å². The topological polar surface area (TPSA) is 51.5 Å². The van der Waals surface area contributed by atoms with Crippen molar-refractivity contribution in [2.75, 3.05) is 20.2 Å². The van der Waals surface area contributed by atoms with Crippen LogP contribution in [0.25, 0.3) is 10.9 Å². The Labute approximate surface area is 130 Å². The van der Waals surface area contributed by atoms with Crippen molar-refractivity contribution in [3.05, 3.63) is 36.5 Å². The first-order valence-corrected chi connectivity index (χ1v) is 7.55. The third-order valence-corrected chi connectivity index (χ3v) is 3.63. The number of aromatic nitrogens is 1. The summed E-state index contributed by atoms with van der Waals surface area (Å²) in [6, 6.07) is 10.1. The average Bonchev–Trinajstić information content (AvgIpc) is 2.94. The molecule has 0 aliphatic rings. The maximum atomic E-state index is 12.1. The largest absolute Gasteiger partial charge is 0.466 e. The van der Waals surface area contributed by atoms with E-state index in [0.717, 1.165) is 5.52 Å².